The second-order valence-corrected chi connectivity index (χ2v) is 9.27. The summed E-state index contributed by atoms with van der Waals surface area (Å²) in [6.45, 7) is 0.375. The van der Waals surface area contributed by atoms with Crippen LogP contribution in [-0.4, -0.2) is 82.4 Å². The number of aliphatic carboxylic acids is 2. The van der Waals surface area contributed by atoms with E-state index in [1.54, 1.807) is 0 Å². The molecule has 1 saturated heterocycles. The van der Waals surface area contributed by atoms with Gasteiger partial charge in [0.1, 0.15) is 6.04 Å². The fourth-order valence-corrected chi connectivity index (χ4v) is 4.92. The molecule has 2 fully saturated rings. The second-order valence-electron chi connectivity index (χ2n) is 9.27. The monoisotopic (exact) mass is 482 g/mol. The number of hydrogen-bond acceptors (Lipinski definition) is 7. The average molecular weight is 483 g/mol. The molecule has 6 N–H and O–H groups in total. The van der Waals surface area contributed by atoms with E-state index < -0.39 is 41.8 Å². The van der Waals surface area contributed by atoms with Crippen LogP contribution in [0.2, 0.25) is 0 Å². The van der Waals surface area contributed by atoms with Crippen molar-refractivity contribution in [3.05, 3.63) is 0 Å². The summed E-state index contributed by atoms with van der Waals surface area (Å²) in [6.07, 6.45) is 8.02. The van der Waals surface area contributed by atoms with Crippen LogP contribution in [0.1, 0.15) is 70.6 Å². The topological polar surface area (TPSA) is 179 Å². The number of likely N-dealkylation sites (tertiary alicyclic amines) is 1. The van der Waals surface area contributed by atoms with Gasteiger partial charge in [-0.3, -0.25) is 24.5 Å². The van der Waals surface area contributed by atoms with Crippen LogP contribution in [0.4, 0.5) is 0 Å². The molecule has 34 heavy (non-hydrogen) atoms. The van der Waals surface area contributed by atoms with E-state index in [2.05, 4.69) is 10.6 Å². The van der Waals surface area contributed by atoms with Gasteiger partial charge in [-0.1, -0.05) is 32.1 Å². The molecule has 1 aliphatic heterocycles. The summed E-state index contributed by atoms with van der Waals surface area (Å²) in [7, 11) is 0. The third-order valence-electron chi connectivity index (χ3n) is 6.72. The zero-order chi connectivity index (χ0) is 25.1. The van der Waals surface area contributed by atoms with Gasteiger partial charge in [-0.2, -0.15) is 0 Å². The number of ketones is 1. The van der Waals surface area contributed by atoms with Gasteiger partial charge in [-0.15, -0.1) is 0 Å². The number of Topliss-reactive ketones (excluding diaryl/α,β-unsaturated/α-hetero) is 1. The highest BCUT2D eigenvalue weighted by atomic mass is 16.4. The lowest BCUT2D eigenvalue weighted by Crippen LogP contribution is -2.55. The molecule has 0 aromatic heterocycles. The molecule has 1 heterocycles. The molecule has 3 atom stereocenters. The number of rotatable bonds is 14. The zero-order valence-electron chi connectivity index (χ0n) is 19.7. The van der Waals surface area contributed by atoms with Crippen molar-refractivity contribution in [3.8, 4) is 0 Å². The maximum absolute atomic E-state index is 13.4. The number of carbonyl (C=O) groups excluding carboxylic acids is 3. The Labute approximate surface area is 199 Å². The highest BCUT2D eigenvalue weighted by molar-refractivity contribution is 6.35. The van der Waals surface area contributed by atoms with Gasteiger partial charge in [0.05, 0.1) is 18.6 Å². The van der Waals surface area contributed by atoms with Crippen LogP contribution in [0.15, 0.2) is 0 Å². The number of carboxylic acids is 2. The van der Waals surface area contributed by atoms with E-state index in [4.69, 9.17) is 15.9 Å². The van der Waals surface area contributed by atoms with E-state index in [0.717, 1.165) is 32.1 Å². The summed E-state index contributed by atoms with van der Waals surface area (Å²) in [4.78, 5) is 62.3. The third-order valence-corrected chi connectivity index (χ3v) is 6.72. The average Bonchev–Trinajstić information content (AvgIpc) is 3.31. The largest absolute Gasteiger partial charge is 0.480 e. The van der Waals surface area contributed by atoms with Gasteiger partial charge in [-0.05, 0) is 51.0 Å². The molecule has 0 radical (unpaired) electrons. The molecule has 2 amide bonds. The number of nitrogens with one attached hydrogen (secondary N) is 2. The van der Waals surface area contributed by atoms with E-state index in [9.17, 15) is 24.0 Å². The van der Waals surface area contributed by atoms with Gasteiger partial charge in [0.2, 0.25) is 11.8 Å². The van der Waals surface area contributed by atoms with Crippen LogP contribution >= 0.6 is 0 Å². The van der Waals surface area contributed by atoms with Crippen molar-refractivity contribution >= 4 is 29.5 Å². The smallest absolute Gasteiger partial charge is 0.374 e. The summed E-state index contributed by atoms with van der Waals surface area (Å²) >= 11 is 0. The van der Waals surface area contributed by atoms with Crippen molar-refractivity contribution in [2.24, 2.45) is 11.7 Å². The Balaban J connectivity index is 2.09. The molecule has 1 saturated carbocycles. The SMILES string of the molecule is NCCCC[C@H](NC(=O)[C@@H]1CCCN1C(=O)[C@@H](CC1CCCCC1)NCC(=O)O)C(=O)C(=O)O. The van der Waals surface area contributed by atoms with E-state index >= 15 is 0 Å². The lowest BCUT2D eigenvalue weighted by Gasteiger charge is -2.32. The highest BCUT2D eigenvalue weighted by Crippen LogP contribution is 2.29. The maximum atomic E-state index is 13.4. The predicted molar refractivity (Wildman–Crippen MR) is 123 cm³/mol. The van der Waals surface area contributed by atoms with Crippen molar-refractivity contribution < 1.29 is 34.2 Å². The maximum Gasteiger partial charge on any atom is 0.374 e. The van der Waals surface area contributed by atoms with E-state index in [-0.39, 0.29) is 18.9 Å². The number of nitrogens with zero attached hydrogens (tertiary/aromatic N) is 1. The number of nitrogens with two attached hydrogens (primary N) is 1. The van der Waals surface area contributed by atoms with Crippen molar-refractivity contribution in [3.63, 3.8) is 0 Å². The number of carboxylic acid groups (broad SMARTS) is 2. The summed E-state index contributed by atoms with van der Waals surface area (Å²) in [5.74, 6) is -4.35. The molecule has 192 valence electrons. The van der Waals surface area contributed by atoms with Crippen LogP contribution in [0.25, 0.3) is 0 Å². The van der Waals surface area contributed by atoms with Crippen molar-refractivity contribution in [1.82, 2.24) is 15.5 Å². The molecule has 0 spiro atoms. The standard InChI is InChI=1S/C23H38N4O7/c24-11-5-4-9-16(20(30)23(33)34)26-21(31)18-10-6-12-27(18)22(32)17(25-14-19(28)29)13-15-7-2-1-3-8-15/h15-18,25H,1-14,24H2,(H,26,31)(H,28,29)(H,33,34)/t16-,17+,18-/m0/s1. The summed E-state index contributed by atoms with van der Waals surface area (Å²) in [6, 6.07) is -2.72. The number of carbonyl (C=O) groups is 5. The second kappa shape index (κ2) is 14.0. The first-order valence-electron chi connectivity index (χ1n) is 12.3. The molecule has 2 rings (SSSR count). The molecule has 11 heteroatoms. The summed E-state index contributed by atoms with van der Waals surface area (Å²) < 4.78 is 0. The van der Waals surface area contributed by atoms with E-state index in [1.807, 2.05) is 0 Å². The molecule has 1 aliphatic carbocycles. The third kappa shape index (κ3) is 8.35. The van der Waals surface area contributed by atoms with Gasteiger partial charge in [0.25, 0.3) is 5.78 Å². The molecule has 0 bridgehead atoms. The molecule has 11 nitrogen and oxygen atoms in total. The highest BCUT2D eigenvalue weighted by Gasteiger charge is 2.39. The van der Waals surface area contributed by atoms with E-state index in [1.165, 1.54) is 4.90 Å². The molecule has 0 aromatic carbocycles. The molecule has 0 aromatic rings. The minimum Gasteiger partial charge on any atom is -0.480 e. The lowest BCUT2D eigenvalue weighted by atomic mass is 9.84. The van der Waals surface area contributed by atoms with Gasteiger partial charge in [-0.25, -0.2) is 4.79 Å². The minimum atomic E-state index is -1.62. The van der Waals surface area contributed by atoms with Gasteiger partial charge < -0.3 is 26.2 Å². The predicted octanol–water partition coefficient (Wildman–Crippen LogP) is 0.258. The first-order valence-corrected chi connectivity index (χ1v) is 12.3. The summed E-state index contributed by atoms with van der Waals surface area (Å²) in [5.41, 5.74) is 5.47. The molecule has 0 unspecified atom stereocenters. The van der Waals surface area contributed by atoms with Gasteiger partial charge in [0, 0.05) is 6.54 Å². The van der Waals surface area contributed by atoms with E-state index in [0.29, 0.717) is 51.1 Å². The molecular formula is C23H38N4O7. The molecule has 2 aliphatic rings. The van der Waals surface area contributed by atoms with Crippen molar-refractivity contribution in [2.45, 2.75) is 88.8 Å². The Bertz CT molecular complexity index is 739. The quantitative estimate of drug-likeness (QED) is 0.171. The van der Waals surface area contributed by atoms with Crippen molar-refractivity contribution in [1.29, 1.82) is 0 Å². The first kappa shape index (κ1) is 27.7. The Morgan fingerprint density at radius 2 is 1.65 bits per heavy atom. The number of unbranched alkanes of at least 4 members (excludes halogenated alkanes) is 1. The van der Waals surface area contributed by atoms with Crippen molar-refractivity contribution in [2.75, 3.05) is 19.6 Å². The van der Waals surface area contributed by atoms with Crippen LogP contribution < -0.4 is 16.4 Å². The van der Waals surface area contributed by atoms with Gasteiger partial charge in [0.15, 0.2) is 0 Å². The van der Waals surface area contributed by atoms with Crippen LogP contribution in [-0.2, 0) is 24.0 Å². The Kier molecular flexibility index (Phi) is 11.4. The molecular weight excluding hydrogens is 444 g/mol. The zero-order valence-corrected chi connectivity index (χ0v) is 19.7. The Morgan fingerprint density at radius 1 is 0.941 bits per heavy atom. The van der Waals surface area contributed by atoms with Crippen LogP contribution in [0.5, 0.6) is 0 Å². The summed E-state index contributed by atoms with van der Waals surface area (Å²) in [5, 5.41) is 23.6. The number of hydrogen-bond donors (Lipinski definition) is 5. The minimum absolute atomic E-state index is 0.152. The fraction of sp³-hybridized carbons (Fsp3) is 0.783. The lowest BCUT2D eigenvalue weighted by molar-refractivity contribution is -0.151. The van der Waals surface area contributed by atoms with Crippen LogP contribution in [0.3, 0.4) is 0 Å². The fourth-order valence-electron chi connectivity index (χ4n) is 4.92. The Morgan fingerprint density at radius 3 is 2.26 bits per heavy atom. The van der Waals surface area contributed by atoms with Gasteiger partial charge >= 0.3 is 11.9 Å². The first-order chi connectivity index (χ1) is 16.2. The normalized spacial score (nSPS) is 20.5. The number of amides is 2. The van der Waals surface area contributed by atoms with Crippen LogP contribution in [0, 0.1) is 5.92 Å². The Hall–Kier alpha value is -2.53.